The second-order valence-corrected chi connectivity index (χ2v) is 5.98. The summed E-state index contributed by atoms with van der Waals surface area (Å²) in [6.45, 7) is 3.32. The van der Waals surface area contributed by atoms with Crippen molar-refractivity contribution < 1.29 is 14.6 Å². The van der Waals surface area contributed by atoms with Crippen molar-refractivity contribution in [2.75, 3.05) is 31.7 Å². The summed E-state index contributed by atoms with van der Waals surface area (Å²) in [5.41, 5.74) is 4.21. The number of ether oxygens (including phenoxy) is 1. The summed E-state index contributed by atoms with van der Waals surface area (Å²) in [7, 11) is 0. The monoisotopic (exact) mass is 326 g/mol. The predicted octanol–water partition coefficient (Wildman–Crippen LogP) is 2.89. The molecule has 126 valence electrons. The van der Waals surface area contributed by atoms with Crippen molar-refractivity contribution in [2.45, 2.75) is 13.0 Å². The Kier molecular flexibility index (Phi) is 5.13. The van der Waals surface area contributed by atoms with E-state index in [0.717, 1.165) is 16.8 Å². The minimum atomic E-state index is -0.287. The Hall–Kier alpha value is -2.37. The molecule has 0 radical (unpaired) electrons. The Bertz CT molecular complexity index is 700. The van der Waals surface area contributed by atoms with E-state index in [4.69, 9.17) is 4.74 Å². The summed E-state index contributed by atoms with van der Waals surface area (Å²) in [5.74, 6) is 0. The number of rotatable bonds is 3. The molecule has 0 spiro atoms. The van der Waals surface area contributed by atoms with Gasteiger partial charge < -0.3 is 20.1 Å². The molecular formula is C19H22N2O3. The molecule has 1 heterocycles. The number of amides is 2. The Labute approximate surface area is 141 Å². The molecule has 1 aliphatic heterocycles. The van der Waals surface area contributed by atoms with Gasteiger partial charge in [0.05, 0.1) is 25.9 Å². The van der Waals surface area contributed by atoms with Gasteiger partial charge in [-0.25, -0.2) is 4.79 Å². The molecule has 1 saturated heterocycles. The van der Waals surface area contributed by atoms with Gasteiger partial charge in [0.15, 0.2) is 0 Å². The zero-order valence-electron chi connectivity index (χ0n) is 13.7. The zero-order chi connectivity index (χ0) is 16.9. The molecule has 0 bridgehead atoms. The molecular weight excluding hydrogens is 304 g/mol. The summed E-state index contributed by atoms with van der Waals surface area (Å²) in [6, 6.07) is 15.6. The van der Waals surface area contributed by atoms with Gasteiger partial charge in [0.2, 0.25) is 0 Å². The summed E-state index contributed by atoms with van der Waals surface area (Å²) < 4.78 is 5.30. The van der Waals surface area contributed by atoms with Gasteiger partial charge in [-0.05, 0) is 30.2 Å². The van der Waals surface area contributed by atoms with Crippen LogP contribution in [-0.4, -0.2) is 48.4 Å². The third-order valence-corrected chi connectivity index (χ3v) is 4.19. The maximum absolute atomic E-state index is 12.4. The van der Waals surface area contributed by atoms with Gasteiger partial charge in [0.1, 0.15) is 0 Å². The molecule has 1 fully saturated rings. The molecule has 24 heavy (non-hydrogen) atoms. The third-order valence-electron chi connectivity index (χ3n) is 4.19. The average molecular weight is 326 g/mol. The number of hydrogen-bond acceptors (Lipinski definition) is 3. The minimum absolute atomic E-state index is 0.0975. The Morgan fingerprint density at radius 2 is 2.04 bits per heavy atom. The number of carbonyl (C=O) groups excluding carboxylic acids is 1. The fourth-order valence-electron chi connectivity index (χ4n) is 2.84. The van der Waals surface area contributed by atoms with E-state index in [1.165, 1.54) is 5.56 Å². The molecule has 2 N–H and O–H groups in total. The fraction of sp³-hybridized carbons (Fsp3) is 0.316. The first-order chi connectivity index (χ1) is 11.7. The molecule has 5 heteroatoms. The lowest BCUT2D eigenvalue weighted by molar-refractivity contribution is -0.00485. The lowest BCUT2D eigenvalue weighted by atomic mass is 10.0. The first kappa shape index (κ1) is 16.5. The van der Waals surface area contributed by atoms with E-state index >= 15 is 0 Å². The molecule has 0 unspecified atom stereocenters. The molecule has 2 aromatic rings. The molecule has 0 aromatic heterocycles. The predicted molar refractivity (Wildman–Crippen MR) is 94.0 cm³/mol. The van der Waals surface area contributed by atoms with Crippen LogP contribution in [0.15, 0.2) is 48.5 Å². The van der Waals surface area contributed by atoms with Crippen LogP contribution in [0.5, 0.6) is 0 Å². The number of aliphatic hydroxyl groups is 1. The van der Waals surface area contributed by atoms with Crippen LogP contribution in [-0.2, 0) is 4.74 Å². The lowest BCUT2D eigenvalue weighted by Crippen LogP contribution is -2.52. The highest BCUT2D eigenvalue weighted by molar-refractivity contribution is 5.90. The van der Waals surface area contributed by atoms with E-state index in [1.54, 1.807) is 4.90 Å². The molecule has 1 aliphatic rings. The Morgan fingerprint density at radius 3 is 2.75 bits per heavy atom. The van der Waals surface area contributed by atoms with Crippen molar-refractivity contribution in [3.63, 3.8) is 0 Å². The molecule has 1 atom stereocenters. The van der Waals surface area contributed by atoms with E-state index in [2.05, 4.69) is 30.4 Å². The number of aliphatic hydroxyl groups excluding tert-OH is 1. The normalized spacial score (nSPS) is 17.6. The summed E-state index contributed by atoms with van der Waals surface area (Å²) in [5, 5.41) is 12.2. The number of anilines is 1. The van der Waals surface area contributed by atoms with E-state index < -0.39 is 0 Å². The average Bonchev–Trinajstić information content (AvgIpc) is 2.62. The van der Waals surface area contributed by atoms with E-state index in [-0.39, 0.29) is 18.7 Å². The standard InChI is InChI=1S/C19H22N2O3/c1-14-3-2-4-16(11-14)15-5-7-17(8-6-15)20-19(23)21-9-10-24-13-18(21)12-22/h2-8,11,18,22H,9-10,12-13H2,1H3,(H,20,23)/t18-/m0/s1. The second-order valence-electron chi connectivity index (χ2n) is 5.98. The summed E-state index contributed by atoms with van der Waals surface area (Å²) in [4.78, 5) is 14.0. The number of nitrogens with one attached hydrogen (secondary N) is 1. The van der Waals surface area contributed by atoms with Crippen LogP contribution in [0, 0.1) is 6.92 Å². The first-order valence-electron chi connectivity index (χ1n) is 8.10. The van der Waals surface area contributed by atoms with Gasteiger partial charge in [0, 0.05) is 12.2 Å². The van der Waals surface area contributed by atoms with Crippen LogP contribution in [0.2, 0.25) is 0 Å². The number of aryl methyl sites for hydroxylation is 1. The number of benzene rings is 2. The van der Waals surface area contributed by atoms with Gasteiger partial charge >= 0.3 is 6.03 Å². The van der Waals surface area contributed by atoms with Crippen molar-refractivity contribution in [3.8, 4) is 11.1 Å². The molecule has 5 nitrogen and oxygen atoms in total. The maximum atomic E-state index is 12.4. The lowest BCUT2D eigenvalue weighted by Gasteiger charge is -2.34. The van der Waals surface area contributed by atoms with Gasteiger partial charge in [-0.1, -0.05) is 42.0 Å². The largest absolute Gasteiger partial charge is 0.394 e. The Balaban J connectivity index is 1.68. The number of nitrogens with zero attached hydrogens (tertiary/aromatic N) is 1. The van der Waals surface area contributed by atoms with Crippen LogP contribution >= 0.6 is 0 Å². The fourth-order valence-corrected chi connectivity index (χ4v) is 2.84. The summed E-state index contributed by atoms with van der Waals surface area (Å²) >= 11 is 0. The van der Waals surface area contributed by atoms with Crippen molar-refractivity contribution in [2.24, 2.45) is 0 Å². The van der Waals surface area contributed by atoms with Crippen LogP contribution < -0.4 is 5.32 Å². The summed E-state index contributed by atoms with van der Waals surface area (Å²) in [6.07, 6.45) is 0. The minimum Gasteiger partial charge on any atom is -0.394 e. The van der Waals surface area contributed by atoms with Gasteiger partial charge in [-0.3, -0.25) is 0 Å². The number of hydrogen-bond donors (Lipinski definition) is 2. The highest BCUT2D eigenvalue weighted by Crippen LogP contribution is 2.22. The molecule has 0 saturated carbocycles. The zero-order valence-corrected chi connectivity index (χ0v) is 13.7. The highest BCUT2D eigenvalue weighted by Gasteiger charge is 2.26. The molecule has 2 amide bonds. The van der Waals surface area contributed by atoms with Crippen molar-refractivity contribution in [1.82, 2.24) is 4.90 Å². The van der Waals surface area contributed by atoms with E-state index in [1.807, 2.05) is 30.3 Å². The molecule has 0 aliphatic carbocycles. The first-order valence-corrected chi connectivity index (χ1v) is 8.10. The van der Waals surface area contributed by atoms with Crippen LogP contribution in [0.25, 0.3) is 11.1 Å². The van der Waals surface area contributed by atoms with Crippen molar-refractivity contribution in [3.05, 3.63) is 54.1 Å². The van der Waals surface area contributed by atoms with Crippen molar-refractivity contribution in [1.29, 1.82) is 0 Å². The molecule has 2 aromatic carbocycles. The van der Waals surface area contributed by atoms with Gasteiger partial charge in [-0.2, -0.15) is 0 Å². The number of morpholine rings is 1. The highest BCUT2D eigenvalue weighted by atomic mass is 16.5. The van der Waals surface area contributed by atoms with E-state index in [0.29, 0.717) is 19.8 Å². The molecule has 3 rings (SSSR count). The SMILES string of the molecule is Cc1cccc(-c2ccc(NC(=O)N3CCOC[C@@H]3CO)cc2)c1. The Morgan fingerprint density at radius 1 is 1.25 bits per heavy atom. The number of carbonyl (C=O) groups is 1. The topological polar surface area (TPSA) is 61.8 Å². The van der Waals surface area contributed by atoms with Crippen LogP contribution in [0.3, 0.4) is 0 Å². The third kappa shape index (κ3) is 3.75. The smallest absolute Gasteiger partial charge is 0.322 e. The number of urea groups is 1. The van der Waals surface area contributed by atoms with Crippen LogP contribution in [0.4, 0.5) is 10.5 Å². The maximum Gasteiger partial charge on any atom is 0.322 e. The van der Waals surface area contributed by atoms with Crippen molar-refractivity contribution >= 4 is 11.7 Å². The second kappa shape index (κ2) is 7.47. The van der Waals surface area contributed by atoms with Gasteiger partial charge in [0.25, 0.3) is 0 Å². The van der Waals surface area contributed by atoms with E-state index in [9.17, 15) is 9.90 Å². The van der Waals surface area contributed by atoms with Gasteiger partial charge in [-0.15, -0.1) is 0 Å². The quantitative estimate of drug-likeness (QED) is 0.912. The van der Waals surface area contributed by atoms with Crippen LogP contribution in [0.1, 0.15) is 5.56 Å².